The Kier molecular flexibility index (Phi) is 4.18. The number of ether oxygens (including phenoxy) is 1. The van der Waals surface area contributed by atoms with Crippen LogP contribution in [0.2, 0.25) is 0 Å². The molecule has 0 aromatic rings. The highest BCUT2D eigenvalue weighted by Crippen LogP contribution is 2.26. The number of carbonyl (C=O) groups is 1. The van der Waals surface area contributed by atoms with Crippen LogP contribution in [0.4, 0.5) is 0 Å². The molecule has 0 bridgehead atoms. The van der Waals surface area contributed by atoms with Gasteiger partial charge in [0.25, 0.3) is 0 Å². The quantitative estimate of drug-likeness (QED) is 0.744. The van der Waals surface area contributed by atoms with Crippen LogP contribution < -0.4 is 5.73 Å². The molecule has 17 heavy (non-hydrogen) atoms. The Morgan fingerprint density at radius 1 is 1.47 bits per heavy atom. The second kappa shape index (κ2) is 5.65. The molecule has 2 N–H and O–H groups in total. The maximum Gasteiger partial charge on any atom is 0.226 e. The molecule has 2 aliphatic rings. The van der Waals surface area contributed by atoms with E-state index in [2.05, 4.69) is 12.2 Å². The SMILES string of the molecule is COC1CCN(C(=O)C2CC=CC2)C(CN)C1. The Morgan fingerprint density at radius 2 is 2.18 bits per heavy atom. The van der Waals surface area contributed by atoms with E-state index < -0.39 is 0 Å². The van der Waals surface area contributed by atoms with E-state index in [-0.39, 0.29) is 24.0 Å². The number of hydrogen-bond donors (Lipinski definition) is 1. The monoisotopic (exact) mass is 238 g/mol. The van der Waals surface area contributed by atoms with Crippen molar-refractivity contribution in [3.63, 3.8) is 0 Å². The van der Waals surface area contributed by atoms with Crippen LogP contribution in [-0.4, -0.2) is 43.2 Å². The fourth-order valence-corrected chi connectivity index (χ4v) is 2.80. The van der Waals surface area contributed by atoms with E-state index in [1.165, 1.54) is 0 Å². The van der Waals surface area contributed by atoms with Crippen LogP contribution in [0, 0.1) is 5.92 Å². The van der Waals surface area contributed by atoms with Crippen molar-refractivity contribution in [2.24, 2.45) is 11.7 Å². The first-order chi connectivity index (χ1) is 8.26. The minimum absolute atomic E-state index is 0.154. The zero-order valence-electron chi connectivity index (χ0n) is 10.5. The highest BCUT2D eigenvalue weighted by molar-refractivity contribution is 5.80. The molecule has 0 spiro atoms. The van der Waals surface area contributed by atoms with Crippen LogP contribution in [0.15, 0.2) is 12.2 Å². The minimum Gasteiger partial charge on any atom is -0.381 e. The van der Waals surface area contributed by atoms with E-state index in [4.69, 9.17) is 10.5 Å². The van der Waals surface area contributed by atoms with E-state index in [1.807, 2.05) is 4.90 Å². The zero-order chi connectivity index (χ0) is 12.3. The second-order valence-corrected chi connectivity index (χ2v) is 4.94. The molecular weight excluding hydrogens is 216 g/mol. The van der Waals surface area contributed by atoms with Gasteiger partial charge in [-0.15, -0.1) is 0 Å². The number of amides is 1. The Morgan fingerprint density at radius 3 is 2.76 bits per heavy atom. The molecule has 1 fully saturated rings. The largest absolute Gasteiger partial charge is 0.381 e. The van der Waals surface area contributed by atoms with Gasteiger partial charge >= 0.3 is 0 Å². The highest BCUT2D eigenvalue weighted by atomic mass is 16.5. The van der Waals surface area contributed by atoms with Crippen LogP contribution >= 0.6 is 0 Å². The van der Waals surface area contributed by atoms with Gasteiger partial charge in [0.15, 0.2) is 0 Å². The maximum absolute atomic E-state index is 12.4. The van der Waals surface area contributed by atoms with E-state index in [1.54, 1.807) is 7.11 Å². The molecular formula is C13H22N2O2. The molecule has 1 aliphatic heterocycles. The van der Waals surface area contributed by atoms with Gasteiger partial charge in [-0.25, -0.2) is 0 Å². The number of nitrogens with two attached hydrogens (primary N) is 1. The molecule has 0 aromatic heterocycles. The Balaban J connectivity index is 1.97. The van der Waals surface area contributed by atoms with Crippen molar-refractivity contribution in [3.05, 3.63) is 12.2 Å². The van der Waals surface area contributed by atoms with E-state index in [0.29, 0.717) is 6.54 Å². The summed E-state index contributed by atoms with van der Waals surface area (Å²) in [6, 6.07) is 0.154. The van der Waals surface area contributed by atoms with Crippen molar-refractivity contribution >= 4 is 5.91 Å². The summed E-state index contributed by atoms with van der Waals surface area (Å²) in [5.41, 5.74) is 5.78. The Bertz CT molecular complexity index is 296. The zero-order valence-corrected chi connectivity index (χ0v) is 10.5. The van der Waals surface area contributed by atoms with Crippen LogP contribution in [0.1, 0.15) is 25.7 Å². The molecule has 0 saturated carbocycles. The van der Waals surface area contributed by atoms with Gasteiger partial charge in [-0.2, -0.15) is 0 Å². The fourth-order valence-electron chi connectivity index (χ4n) is 2.80. The molecule has 4 nitrogen and oxygen atoms in total. The molecule has 1 heterocycles. The normalized spacial score (nSPS) is 29.9. The van der Waals surface area contributed by atoms with Gasteiger partial charge in [0.05, 0.1) is 6.10 Å². The van der Waals surface area contributed by atoms with Gasteiger partial charge < -0.3 is 15.4 Å². The standard InChI is InChI=1S/C13H22N2O2/c1-17-12-6-7-15(11(8-12)9-14)13(16)10-4-2-3-5-10/h2-3,10-12H,4-9,14H2,1H3. The third-order valence-corrected chi connectivity index (χ3v) is 3.91. The molecule has 2 rings (SSSR count). The number of methoxy groups -OCH3 is 1. The van der Waals surface area contributed by atoms with Crippen molar-refractivity contribution < 1.29 is 9.53 Å². The third-order valence-electron chi connectivity index (χ3n) is 3.91. The lowest BCUT2D eigenvalue weighted by atomic mass is 9.96. The second-order valence-electron chi connectivity index (χ2n) is 4.94. The fraction of sp³-hybridized carbons (Fsp3) is 0.769. The summed E-state index contributed by atoms with van der Waals surface area (Å²) in [6.07, 6.45) is 8.04. The summed E-state index contributed by atoms with van der Waals surface area (Å²) >= 11 is 0. The van der Waals surface area contributed by atoms with Crippen molar-refractivity contribution in [1.82, 2.24) is 4.90 Å². The third kappa shape index (κ3) is 2.69. The molecule has 1 amide bonds. The maximum atomic E-state index is 12.4. The van der Waals surface area contributed by atoms with E-state index >= 15 is 0 Å². The van der Waals surface area contributed by atoms with Crippen LogP contribution in [0.3, 0.4) is 0 Å². The minimum atomic E-state index is 0.154. The van der Waals surface area contributed by atoms with Gasteiger partial charge in [-0.05, 0) is 25.7 Å². The first-order valence-corrected chi connectivity index (χ1v) is 6.44. The van der Waals surface area contributed by atoms with Gasteiger partial charge in [0.2, 0.25) is 5.91 Å². The average molecular weight is 238 g/mol. The van der Waals surface area contributed by atoms with Crippen LogP contribution in [-0.2, 0) is 9.53 Å². The smallest absolute Gasteiger partial charge is 0.226 e. The summed E-state index contributed by atoms with van der Waals surface area (Å²) in [5, 5.41) is 0. The van der Waals surface area contributed by atoms with Crippen molar-refractivity contribution in [2.45, 2.75) is 37.8 Å². The van der Waals surface area contributed by atoms with Gasteiger partial charge in [-0.1, -0.05) is 12.2 Å². The molecule has 2 atom stereocenters. The number of carbonyl (C=O) groups excluding carboxylic acids is 1. The van der Waals surface area contributed by atoms with Crippen LogP contribution in [0.25, 0.3) is 0 Å². The summed E-state index contributed by atoms with van der Waals surface area (Å²) < 4.78 is 5.37. The average Bonchev–Trinajstić information content (AvgIpc) is 2.91. The molecule has 1 saturated heterocycles. The summed E-state index contributed by atoms with van der Waals surface area (Å²) in [4.78, 5) is 14.3. The summed E-state index contributed by atoms with van der Waals surface area (Å²) in [7, 11) is 1.73. The van der Waals surface area contributed by atoms with Gasteiger partial charge in [0, 0.05) is 32.2 Å². The first-order valence-electron chi connectivity index (χ1n) is 6.44. The molecule has 0 aromatic carbocycles. The molecule has 0 radical (unpaired) electrons. The van der Waals surface area contributed by atoms with Crippen LogP contribution in [0.5, 0.6) is 0 Å². The number of likely N-dealkylation sites (tertiary alicyclic amines) is 1. The molecule has 2 unspecified atom stereocenters. The predicted octanol–water partition coefficient (Wildman–Crippen LogP) is 0.917. The Hall–Kier alpha value is -0.870. The van der Waals surface area contributed by atoms with E-state index in [0.717, 1.165) is 32.2 Å². The molecule has 1 aliphatic carbocycles. The number of hydrogen-bond acceptors (Lipinski definition) is 3. The molecule has 4 heteroatoms. The lowest BCUT2D eigenvalue weighted by Gasteiger charge is -2.39. The van der Waals surface area contributed by atoms with E-state index in [9.17, 15) is 4.79 Å². The lowest BCUT2D eigenvalue weighted by molar-refractivity contribution is -0.140. The highest BCUT2D eigenvalue weighted by Gasteiger charge is 2.34. The first kappa shape index (κ1) is 12.6. The van der Waals surface area contributed by atoms with Crippen molar-refractivity contribution in [1.29, 1.82) is 0 Å². The molecule has 96 valence electrons. The van der Waals surface area contributed by atoms with Crippen molar-refractivity contribution in [3.8, 4) is 0 Å². The number of piperidine rings is 1. The number of allylic oxidation sites excluding steroid dienone is 2. The topological polar surface area (TPSA) is 55.6 Å². The lowest BCUT2D eigenvalue weighted by Crippen LogP contribution is -2.52. The van der Waals surface area contributed by atoms with Gasteiger partial charge in [-0.3, -0.25) is 4.79 Å². The number of rotatable bonds is 3. The summed E-state index contributed by atoms with van der Waals surface area (Å²) in [5.74, 6) is 0.433. The van der Waals surface area contributed by atoms with Gasteiger partial charge in [0.1, 0.15) is 0 Å². The number of nitrogens with zero attached hydrogens (tertiary/aromatic N) is 1. The van der Waals surface area contributed by atoms with Crippen molar-refractivity contribution in [2.75, 3.05) is 20.2 Å². The Labute approximate surface area is 103 Å². The predicted molar refractivity (Wildman–Crippen MR) is 66.5 cm³/mol. The summed E-state index contributed by atoms with van der Waals surface area (Å²) in [6.45, 7) is 1.32.